The lowest BCUT2D eigenvalue weighted by atomic mass is 10.2. The van der Waals surface area contributed by atoms with Crippen LogP contribution in [-0.4, -0.2) is 22.4 Å². The predicted octanol–water partition coefficient (Wildman–Crippen LogP) is 4.21. The minimum Gasteiger partial charge on any atom is -0.495 e. The Morgan fingerprint density at radius 2 is 1.96 bits per heavy atom. The average molecular weight is 350 g/mol. The number of pyridine rings is 1. The lowest BCUT2D eigenvalue weighted by molar-refractivity contribution is 0.102. The first-order chi connectivity index (χ1) is 11.0. The summed E-state index contributed by atoms with van der Waals surface area (Å²) >= 11 is 11.9. The first kappa shape index (κ1) is 15.6. The van der Waals surface area contributed by atoms with Gasteiger partial charge in [0.15, 0.2) is 0 Å². The molecule has 0 aliphatic rings. The zero-order valence-corrected chi connectivity index (χ0v) is 13.9. The molecule has 0 aliphatic heterocycles. The monoisotopic (exact) mass is 349 g/mol. The van der Waals surface area contributed by atoms with Crippen LogP contribution < -0.4 is 10.1 Å². The van der Waals surface area contributed by atoms with E-state index in [0.29, 0.717) is 38.5 Å². The first-order valence-electron chi connectivity index (χ1n) is 6.78. The number of fused-ring (bicyclic) bond motifs is 1. The van der Waals surface area contributed by atoms with E-state index < -0.39 is 0 Å². The van der Waals surface area contributed by atoms with Crippen LogP contribution in [0.2, 0.25) is 10.0 Å². The zero-order valence-electron chi connectivity index (χ0n) is 12.4. The Hall–Kier alpha value is -2.24. The van der Waals surface area contributed by atoms with Crippen molar-refractivity contribution in [1.29, 1.82) is 0 Å². The van der Waals surface area contributed by atoms with Gasteiger partial charge >= 0.3 is 0 Å². The van der Waals surface area contributed by atoms with Crippen molar-refractivity contribution < 1.29 is 9.53 Å². The number of ether oxygens (including phenoxy) is 1. The largest absolute Gasteiger partial charge is 0.495 e. The second-order valence-corrected chi connectivity index (χ2v) is 5.79. The summed E-state index contributed by atoms with van der Waals surface area (Å²) in [4.78, 5) is 17.0. The molecule has 1 aromatic carbocycles. The number of nitrogens with zero attached hydrogens (tertiary/aromatic N) is 2. The van der Waals surface area contributed by atoms with Crippen molar-refractivity contribution in [2.45, 2.75) is 6.92 Å². The number of hydrogen-bond acceptors (Lipinski definition) is 3. The summed E-state index contributed by atoms with van der Waals surface area (Å²) in [6, 6.07) is 8.42. The quantitative estimate of drug-likeness (QED) is 0.770. The van der Waals surface area contributed by atoms with Gasteiger partial charge in [-0.05, 0) is 31.2 Å². The maximum Gasteiger partial charge on any atom is 0.274 e. The Morgan fingerprint density at radius 3 is 2.70 bits per heavy atom. The van der Waals surface area contributed by atoms with Crippen molar-refractivity contribution in [1.82, 2.24) is 9.38 Å². The van der Waals surface area contributed by atoms with Crippen molar-refractivity contribution in [2.75, 3.05) is 12.4 Å². The summed E-state index contributed by atoms with van der Waals surface area (Å²) in [6.07, 6.45) is 1.71. The van der Waals surface area contributed by atoms with E-state index in [1.807, 2.05) is 0 Å². The van der Waals surface area contributed by atoms with Gasteiger partial charge in [0.2, 0.25) is 0 Å². The number of aryl methyl sites for hydroxylation is 1. The lowest BCUT2D eigenvalue weighted by Crippen LogP contribution is -2.16. The summed E-state index contributed by atoms with van der Waals surface area (Å²) in [5, 5.41) is 3.87. The SMILES string of the molecule is COc1ccc(Cl)cc1NC(=O)c1c(C)nc2cc(Cl)ccn12. The van der Waals surface area contributed by atoms with Crippen molar-refractivity contribution >= 4 is 40.4 Å². The van der Waals surface area contributed by atoms with Gasteiger partial charge in [0.25, 0.3) is 5.91 Å². The Morgan fingerprint density at radius 1 is 1.22 bits per heavy atom. The topological polar surface area (TPSA) is 55.6 Å². The normalized spacial score (nSPS) is 10.8. The van der Waals surface area contributed by atoms with Gasteiger partial charge in [-0.25, -0.2) is 4.98 Å². The molecule has 0 atom stereocenters. The fourth-order valence-electron chi connectivity index (χ4n) is 2.37. The number of nitrogens with one attached hydrogen (secondary N) is 1. The van der Waals surface area contributed by atoms with Gasteiger partial charge in [-0.3, -0.25) is 9.20 Å². The third-order valence-corrected chi connectivity index (χ3v) is 3.86. The molecule has 0 bridgehead atoms. The van der Waals surface area contributed by atoms with Gasteiger partial charge in [0.1, 0.15) is 17.1 Å². The molecule has 2 heterocycles. The number of amides is 1. The van der Waals surface area contributed by atoms with Gasteiger partial charge in [0, 0.05) is 22.3 Å². The number of anilines is 1. The van der Waals surface area contributed by atoms with E-state index >= 15 is 0 Å². The maximum absolute atomic E-state index is 12.7. The van der Waals surface area contributed by atoms with Crippen LogP contribution in [0.1, 0.15) is 16.2 Å². The number of hydrogen-bond donors (Lipinski definition) is 1. The van der Waals surface area contributed by atoms with E-state index in [0.717, 1.165) is 0 Å². The number of halogens is 2. The van der Waals surface area contributed by atoms with Crippen LogP contribution in [0.4, 0.5) is 5.69 Å². The minimum absolute atomic E-state index is 0.308. The fraction of sp³-hybridized carbons (Fsp3) is 0.125. The molecule has 0 saturated heterocycles. The lowest BCUT2D eigenvalue weighted by Gasteiger charge is -2.11. The molecular weight excluding hydrogens is 337 g/mol. The molecule has 0 spiro atoms. The summed E-state index contributed by atoms with van der Waals surface area (Å²) in [5.74, 6) is 0.218. The molecule has 23 heavy (non-hydrogen) atoms. The zero-order chi connectivity index (χ0) is 16.6. The fourth-order valence-corrected chi connectivity index (χ4v) is 2.70. The van der Waals surface area contributed by atoms with E-state index in [9.17, 15) is 4.79 Å². The van der Waals surface area contributed by atoms with Crippen LogP contribution in [0.25, 0.3) is 5.65 Å². The average Bonchev–Trinajstić information content (AvgIpc) is 2.82. The van der Waals surface area contributed by atoms with E-state index in [4.69, 9.17) is 27.9 Å². The van der Waals surface area contributed by atoms with Crippen molar-refractivity contribution in [3.8, 4) is 5.75 Å². The van der Waals surface area contributed by atoms with E-state index in [-0.39, 0.29) is 5.91 Å². The number of benzene rings is 1. The molecule has 0 unspecified atom stereocenters. The van der Waals surface area contributed by atoms with Crippen LogP contribution in [-0.2, 0) is 0 Å². The van der Waals surface area contributed by atoms with Gasteiger partial charge in [-0.1, -0.05) is 23.2 Å². The highest BCUT2D eigenvalue weighted by molar-refractivity contribution is 6.31. The van der Waals surface area contributed by atoms with E-state index in [1.165, 1.54) is 7.11 Å². The molecule has 3 aromatic rings. The number of aromatic nitrogens is 2. The summed E-state index contributed by atoms with van der Waals surface area (Å²) in [5.41, 5.74) is 2.14. The van der Waals surface area contributed by atoms with Gasteiger partial charge in [0.05, 0.1) is 18.5 Å². The van der Waals surface area contributed by atoms with Crippen LogP contribution in [0, 0.1) is 6.92 Å². The minimum atomic E-state index is -0.308. The molecule has 0 saturated carbocycles. The Kier molecular flexibility index (Phi) is 4.15. The first-order valence-corrected chi connectivity index (χ1v) is 7.54. The number of carbonyl (C=O) groups is 1. The third kappa shape index (κ3) is 2.98. The molecular formula is C16H13Cl2N3O2. The molecule has 0 aliphatic carbocycles. The number of rotatable bonds is 3. The molecule has 1 amide bonds. The van der Waals surface area contributed by atoms with Crippen LogP contribution in [0.3, 0.4) is 0 Å². The molecule has 0 radical (unpaired) electrons. The molecule has 2 aromatic heterocycles. The Labute approximate surface area is 142 Å². The van der Waals surface area contributed by atoms with Crippen molar-refractivity contribution in [2.24, 2.45) is 0 Å². The highest BCUT2D eigenvalue weighted by atomic mass is 35.5. The Bertz CT molecular complexity index is 906. The van der Waals surface area contributed by atoms with Crippen molar-refractivity contribution in [3.63, 3.8) is 0 Å². The van der Waals surface area contributed by atoms with Crippen LogP contribution in [0.15, 0.2) is 36.5 Å². The molecule has 118 valence electrons. The number of imidazole rings is 1. The molecule has 1 N–H and O–H groups in total. The standard InChI is InChI=1S/C16H13Cl2N3O2/c1-9-15(21-6-5-11(18)8-14(21)19-9)16(22)20-12-7-10(17)3-4-13(12)23-2/h3-8H,1-2H3,(H,20,22). The van der Waals surface area contributed by atoms with Crippen LogP contribution >= 0.6 is 23.2 Å². The third-order valence-electron chi connectivity index (χ3n) is 3.39. The highest BCUT2D eigenvalue weighted by Gasteiger charge is 2.18. The van der Waals surface area contributed by atoms with Gasteiger partial charge in [-0.2, -0.15) is 0 Å². The Balaban J connectivity index is 2.02. The highest BCUT2D eigenvalue weighted by Crippen LogP contribution is 2.28. The van der Waals surface area contributed by atoms with Crippen molar-refractivity contribution in [3.05, 3.63) is 58.0 Å². The molecule has 0 fully saturated rings. The predicted molar refractivity (Wildman–Crippen MR) is 90.9 cm³/mol. The smallest absolute Gasteiger partial charge is 0.274 e. The molecule has 3 rings (SSSR count). The summed E-state index contributed by atoms with van der Waals surface area (Å²) in [7, 11) is 1.53. The molecule has 5 nitrogen and oxygen atoms in total. The summed E-state index contributed by atoms with van der Waals surface area (Å²) < 4.78 is 6.93. The second kappa shape index (κ2) is 6.10. The van der Waals surface area contributed by atoms with E-state index in [2.05, 4.69) is 10.3 Å². The summed E-state index contributed by atoms with van der Waals surface area (Å²) in [6.45, 7) is 1.77. The van der Waals surface area contributed by atoms with Gasteiger partial charge < -0.3 is 10.1 Å². The molecule has 7 heteroatoms. The maximum atomic E-state index is 12.7. The van der Waals surface area contributed by atoms with Gasteiger partial charge in [-0.15, -0.1) is 0 Å². The second-order valence-electron chi connectivity index (χ2n) is 4.92. The number of carbonyl (C=O) groups excluding carboxylic acids is 1. The van der Waals surface area contributed by atoms with Crippen LogP contribution in [0.5, 0.6) is 5.75 Å². The van der Waals surface area contributed by atoms with E-state index in [1.54, 1.807) is 47.9 Å². The number of methoxy groups -OCH3 is 1.